The van der Waals surface area contributed by atoms with Crippen LogP contribution in [0.15, 0.2) is 12.4 Å². The molecular weight excluding hydrogens is 266 g/mol. The molecule has 6 nitrogen and oxygen atoms in total. The molecule has 6 heteroatoms. The van der Waals surface area contributed by atoms with Gasteiger partial charge in [-0.15, -0.1) is 0 Å². The van der Waals surface area contributed by atoms with Crippen LogP contribution in [0.5, 0.6) is 0 Å². The molecule has 0 aromatic carbocycles. The molecular formula is C15H29N5O. The molecule has 21 heavy (non-hydrogen) atoms. The SMILES string of the molecule is CCCn1ccnc1C(NN)C(C)(CC)N1CCOCC1. The maximum absolute atomic E-state index is 5.94. The van der Waals surface area contributed by atoms with Crippen molar-refractivity contribution < 1.29 is 4.74 Å². The number of aryl methyl sites for hydroxylation is 1. The van der Waals surface area contributed by atoms with Crippen LogP contribution in [0.4, 0.5) is 0 Å². The van der Waals surface area contributed by atoms with Crippen LogP contribution in [0.1, 0.15) is 45.5 Å². The molecule has 2 unspecified atom stereocenters. The fraction of sp³-hybridized carbons (Fsp3) is 0.800. The van der Waals surface area contributed by atoms with Gasteiger partial charge in [-0.2, -0.15) is 0 Å². The van der Waals surface area contributed by atoms with Gasteiger partial charge < -0.3 is 9.30 Å². The highest BCUT2D eigenvalue weighted by molar-refractivity contribution is 5.09. The van der Waals surface area contributed by atoms with Gasteiger partial charge >= 0.3 is 0 Å². The fourth-order valence-corrected chi connectivity index (χ4v) is 3.23. The Morgan fingerprint density at radius 3 is 2.71 bits per heavy atom. The second kappa shape index (κ2) is 7.35. The summed E-state index contributed by atoms with van der Waals surface area (Å²) >= 11 is 0. The number of morpholine rings is 1. The normalized spacial score (nSPS) is 21.1. The molecule has 1 saturated heterocycles. The Morgan fingerprint density at radius 1 is 1.43 bits per heavy atom. The average Bonchev–Trinajstić information content (AvgIpc) is 2.97. The molecule has 1 fully saturated rings. The number of hydrazine groups is 1. The number of ether oxygens (including phenoxy) is 1. The quantitative estimate of drug-likeness (QED) is 0.586. The number of hydrogen-bond acceptors (Lipinski definition) is 5. The highest BCUT2D eigenvalue weighted by Gasteiger charge is 2.41. The van der Waals surface area contributed by atoms with Gasteiger partial charge in [0.25, 0.3) is 0 Å². The number of hydrogen-bond donors (Lipinski definition) is 2. The Hall–Kier alpha value is -0.950. The van der Waals surface area contributed by atoms with E-state index >= 15 is 0 Å². The minimum absolute atomic E-state index is 0.00199. The Morgan fingerprint density at radius 2 is 2.14 bits per heavy atom. The topological polar surface area (TPSA) is 68.3 Å². The number of nitrogens with one attached hydrogen (secondary N) is 1. The molecule has 0 amide bonds. The molecule has 120 valence electrons. The fourth-order valence-electron chi connectivity index (χ4n) is 3.23. The first-order valence-electron chi connectivity index (χ1n) is 7.97. The summed E-state index contributed by atoms with van der Waals surface area (Å²) in [5.74, 6) is 6.96. The summed E-state index contributed by atoms with van der Waals surface area (Å²) in [6.07, 6.45) is 5.99. The number of nitrogens with zero attached hydrogens (tertiary/aromatic N) is 3. The largest absolute Gasteiger partial charge is 0.379 e. The van der Waals surface area contributed by atoms with Crippen LogP contribution in [0.25, 0.3) is 0 Å². The van der Waals surface area contributed by atoms with Crippen molar-refractivity contribution in [3.05, 3.63) is 18.2 Å². The van der Waals surface area contributed by atoms with E-state index < -0.39 is 0 Å². The Bertz CT molecular complexity index is 429. The summed E-state index contributed by atoms with van der Waals surface area (Å²) in [4.78, 5) is 7.06. The zero-order valence-electron chi connectivity index (χ0n) is 13.5. The van der Waals surface area contributed by atoms with E-state index in [1.165, 1.54) is 0 Å². The number of nitrogens with two attached hydrogens (primary N) is 1. The molecule has 1 aliphatic rings. The lowest BCUT2D eigenvalue weighted by Crippen LogP contribution is -2.59. The van der Waals surface area contributed by atoms with E-state index in [-0.39, 0.29) is 11.6 Å². The summed E-state index contributed by atoms with van der Waals surface area (Å²) in [5, 5.41) is 0. The molecule has 0 radical (unpaired) electrons. The summed E-state index contributed by atoms with van der Waals surface area (Å²) in [7, 11) is 0. The summed E-state index contributed by atoms with van der Waals surface area (Å²) in [6, 6.07) is 0.00199. The van der Waals surface area contributed by atoms with Gasteiger partial charge in [-0.25, -0.2) is 10.4 Å². The van der Waals surface area contributed by atoms with Crippen LogP contribution in [0.3, 0.4) is 0 Å². The third-order valence-electron chi connectivity index (χ3n) is 4.71. The minimum Gasteiger partial charge on any atom is -0.379 e. The van der Waals surface area contributed by atoms with E-state index in [9.17, 15) is 0 Å². The van der Waals surface area contributed by atoms with Gasteiger partial charge in [0.15, 0.2) is 0 Å². The highest BCUT2D eigenvalue weighted by atomic mass is 16.5. The lowest BCUT2D eigenvalue weighted by Gasteiger charge is -2.47. The zero-order chi connectivity index (χ0) is 15.3. The molecule has 3 N–H and O–H groups in total. The molecule has 1 aliphatic heterocycles. The minimum atomic E-state index is -0.0740. The van der Waals surface area contributed by atoms with E-state index in [0.717, 1.165) is 51.5 Å². The molecule has 2 heterocycles. The molecule has 0 saturated carbocycles. The van der Waals surface area contributed by atoms with Crippen LogP contribution in [0, 0.1) is 0 Å². The van der Waals surface area contributed by atoms with Gasteiger partial charge in [-0.1, -0.05) is 13.8 Å². The van der Waals surface area contributed by atoms with Gasteiger partial charge in [-0.05, 0) is 19.8 Å². The third-order valence-corrected chi connectivity index (χ3v) is 4.71. The van der Waals surface area contributed by atoms with Crippen molar-refractivity contribution in [1.29, 1.82) is 0 Å². The molecule has 1 aromatic rings. The maximum Gasteiger partial charge on any atom is 0.129 e. The number of aromatic nitrogens is 2. The third kappa shape index (κ3) is 3.29. The van der Waals surface area contributed by atoms with E-state index in [0.29, 0.717) is 0 Å². The lowest BCUT2D eigenvalue weighted by molar-refractivity contribution is -0.0345. The van der Waals surface area contributed by atoms with Crippen molar-refractivity contribution in [3.63, 3.8) is 0 Å². The van der Waals surface area contributed by atoms with E-state index in [4.69, 9.17) is 10.6 Å². The van der Waals surface area contributed by atoms with Crippen molar-refractivity contribution in [2.45, 2.75) is 51.7 Å². The maximum atomic E-state index is 5.94. The number of rotatable bonds is 7. The summed E-state index contributed by atoms with van der Waals surface area (Å²) < 4.78 is 7.70. The Labute approximate surface area is 127 Å². The van der Waals surface area contributed by atoms with Crippen molar-refractivity contribution >= 4 is 0 Å². The molecule has 0 bridgehead atoms. The average molecular weight is 295 g/mol. The zero-order valence-corrected chi connectivity index (χ0v) is 13.5. The predicted molar refractivity (Wildman–Crippen MR) is 83.7 cm³/mol. The van der Waals surface area contributed by atoms with Gasteiger partial charge in [-0.3, -0.25) is 10.7 Å². The smallest absolute Gasteiger partial charge is 0.129 e. The monoisotopic (exact) mass is 295 g/mol. The van der Waals surface area contributed by atoms with Crippen molar-refractivity contribution in [2.24, 2.45) is 5.84 Å². The van der Waals surface area contributed by atoms with Crippen molar-refractivity contribution in [3.8, 4) is 0 Å². The van der Waals surface area contributed by atoms with E-state index in [1.54, 1.807) is 0 Å². The Kier molecular flexibility index (Phi) is 5.75. The van der Waals surface area contributed by atoms with Crippen LogP contribution < -0.4 is 11.3 Å². The first kappa shape index (κ1) is 16.4. The van der Waals surface area contributed by atoms with Gasteiger partial charge in [0.2, 0.25) is 0 Å². The number of imidazole rings is 1. The van der Waals surface area contributed by atoms with Crippen LogP contribution in [-0.2, 0) is 11.3 Å². The van der Waals surface area contributed by atoms with E-state index in [2.05, 4.69) is 40.6 Å². The molecule has 2 rings (SSSR count). The van der Waals surface area contributed by atoms with Crippen molar-refractivity contribution in [1.82, 2.24) is 19.9 Å². The molecule has 1 aromatic heterocycles. The Balaban J connectivity index is 2.29. The van der Waals surface area contributed by atoms with Gasteiger partial charge in [0.1, 0.15) is 5.82 Å². The van der Waals surface area contributed by atoms with Crippen LogP contribution in [-0.4, -0.2) is 46.3 Å². The second-order valence-corrected chi connectivity index (χ2v) is 5.89. The van der Waals surface area contributed by atoms with Gasteiger partial charge in [0, 0.05) is 37.6 Å². The molecule has 0 aliphatic carbocycles. The molecule has 0 spiro atoms. The predicted octanol–water partition coefficient (Wildman–Crippen LogP) is 1.30. The first-order chi connectivity index (χ1) is 10.2. The molecule has 2 atom stereocenters. The summed E-state index contributed by atoms with van der Waals surface area (Å²) in [5.41, 5.74) is 2.95. The van der Waals surface area contributed by atoms with Crippen molar-refractivity contribution in [2.75, 3.05) is 26.3 Å². The lowest BCUT2D eigenvalue weighted by atomic mass is 9.86. The van der Waals surface area contributed by atoms with Crippen LogP contribution in [0.2, 0.25) is 0 Å². The van der Waals surface area contributed by atoms with Gasteiger partial charge in [0.05, 0.1) is 19.3 Å². The second-order valence-electron chi connectivity index (χ2n) is 5.89. The standard InChI is InChI=1S/C15H29N5O/c1-4-7-19-8-6-17-14(19)13(18-16)15(3,5-2)20-9-11-21-12-10-20/h6,8,13,18H,4-5,7,9-12,16H2,1-3H3. The summed E-state index contributed by atoms with van der Waals surface area (Å²) in [6.45, 7) is 11.1. The first-order valence-corrected chi connectivity index (χ1v) is 7.97. The van der Waals surface area contributed by atoms with E-state index in [1.807, 2.05) is 12.4 Å². The highest BCUT2D eigenvalue weighted by Crippen LogP contribution is 2.33. The van der Waals surface area contributed by atoms with Crippen LogP contribution >= 0.6 is 0 Å².